The quantitative estimate of drug-likeness (QED) is 0.723. The predicted molar refractivity (Wildman–Crippen MR) is 108 cm³/mol. The SMILES string of the molecule is CCOc1ccc(C(C)NC(=O)CN(c2cccc(Cl)c2)S(C)(=O)=O)cc1. The lowest BCUT2D eigenvalue weighted by Crippen LogP contribution is -2.41. The van der Waals surface area contributed by atoms with Gasteiger partial charge in [0.15, 0.2) is 0 Å². The van der Waals surface area contributed by atoms with Crippen molar-refractivity contribution in [3.8, 4) is 5.75 Å². The highest BCUT2D eigenvalue weighted by atomic mass is 35.5. The van der Waals surface area contributed by atoms with Gasteiger partial charge in [-0.3, -0.25) is 9.10 Å². The first-order chi connectivity index (χ1) is 12.7. The van der Waals surface area contributed by atoms with Gasteiger partial charge in [0.05, 0.1) is 24.6 Å². The van der Waals surface area contributed by atoms with E-state index in [2.05, 4.69) is 5.32 Å². The van der Waals surface area contributed by atoms with Crippen molar-refractivity contribution < 1.29 is 17.9 Å². The second-order valence-electron chi connectivity index (χ2n) is 6.04. The highest BCUT2D eigenvalue weighted by Gasteiger charge is 2.22. The third kappa shape index (κ3) is 6.15. The molecule has 146 valence electrons. The second-order valence-corrected chi connectivity index (χ2v) is 8.38. The fourth-order valence-corrected chi connectivity index (χ4v) is 3.58. The molecule has 0 bridgehead atoms. The number of sulfonamides is 1. The summed E-state index contributed by atoms with van der Waals surface area (Å²) in [4.78, 5) is 12.4. The zero-order valence-electron chi connectivity index (χ0n) is 15.5. The van der Waals surface area contributed by atoms with Crippen LogP contribution in [0.15, 0.2) is 48.5 Å². The van der Waals surface area contributed by atoms with Crippen LogP contribution >= 0.6 is 11.6 Å². The van der Waals surface area contributed by atoms with Gasteiger partial charge in [-0.25, -0.2) is 8.42 Å². The van der Waals surface area contributed by atoms with Crippen molar-refractivity contribution in [2.45, 2.75) is 19.9 Å². The van der Waals surface area contributed by atoms with E-state index < -0.39 is 15.9 Å². The molecular weight excluding hydrogens is 388 g/mol. The Morgan fingerprint density at radius 2 is 1.89 bits per heavy atom. The van der Waals surface area contributed by atoms with Gasteiger partial charge in [0.2, 0.25) is 15.9 Å². The molecule has 1 atom stereocenters. The van der Waals surface area contributed by atoms with Gasteiger partial charge in [0.25, 0.3) is 0 Å². The van der Waals surface area contributed by atoms with Gasteiger partial charge in [-0.15, -0.1) is 0 Å². The van der Waals surface area contributed by atoms with Crippen LogP contribution in [0, 0.1) is 0 Å². The van der Waals surface area contributed by atoms with Gasteiger partial charge in [-0.05, 0) is 49.7 Å². The van der Waals surface area contributed by atoms with Crippen LogP contribution in [0.3, 0.4) is 0 Å². The number of benzene rings is 2. The third-order valence-corrected chi connectivity index (χ3v) is 5.23. The summed E-state index contributed by atoms with van der Waals surface area (Å²) in [5.41, 5.74) is 1.23. The van der Waals surface area contributed by atoms with Gasteiger partial charge in [0, 0.05) is 5.02 Å². The first kappa shape index (κ1) is 21.1. The van der Waals surface area contributed by atoms with E-state index in [4.69, 9.17) is 16.3 Å². The molecule has 1 unspecified atom stereocenters. The largest absolute Gasteiger partial charge is 0.494 e. The number of rotatable bonds is 8. The Bertz CT molecular complexity index is 885. The highest BCUT2D eigenvalue weighted by Crippen LogP contribution is 2.22. The van der Waals surface area contributed by atoms with E-state index >= 15 is 0 Å². The lowest BCUT2D eigenvalue weighted by Gasteiger charge is -2.23. The molecule has 8 heteroatoms. The number of carbonyl (C=O) groups is 1. The van der Waals surface area contributed by atoms with Gasteiger partial charge < -0.3 is 10.1 Å². The Morgan fingerprint density at radius 1 is 1.22 bits per heavy atom. The van der Waals surface area contributed by atoms with Gasteiger partial charge in [-0.2, -0.15) is 0 Å². The summed E-state index contributed by atoms with van der Waals surface area (Å²) >= 11 is 5.94. The maximum absolute atomic E-state index is 12.4. The Balaban J connectivity index is 2.09. The molecule has 2 aromatic rings. The van der Waals surface area contributed by atoms with Crippen molar-refractivity contribution in [3.63, 3.8) is 0 Å². The number of hydrogen-bond donors (Lipinski definition) is 1. The normalized spacial score (nSPS) is 12.3. The summed E-state index contributed by atoms with van der Waals surface area (Å²) in [6.07, 6.45) is 1.05. The van der Waals surface area contributed by atoms with Crippen molar-refractivity contribution in [1.82, 2.24) is 5.32 Å². The third-order valence-electron chi connectivity index (χ3n) is 3.85. The van der Waals surface area contributed by atoms with E-state index in [9.17, 15) is 13.2 Å². The number of hydrogen-bond acceptors (Lipinski definition) is 4. The molecule has 0 heterocycles. The lowest BCUT2D eigenvalue weighted by atomic mass is 10.1. The minimum atomic E-state index is -3.64. The number of amides is 1. The molecule has 6 nitrogen and oxygen atoms in total. The minimum absolute atomic E-state index is 0.283. The maximum atomic E-state index is 12.4. The monoisotopic (exact) mass is 410 g/mol. The van der Waals surface area contributed by atoms with Gasteiger partial charge in [-0.1, -0.05) is 29.8 Å². The number of ether oxygens (including phenoxy) is 1. The summed E-state index contributed by atoms with van der Waals surface area (Å²) in [5, 5.41) is 3.21. The number of anilines is 1. The van der Waals surface area contributed by atoms with Crippen molar-refractivity contribution in [3.05, 3.63) is 59.1 Å². The first-order valence-electron chi connectivity index (χ1n) is 8.46. The molecule has 0 aromatic heterocycles. The average Bonchev–Trinajstić information content (AvgIpc) is 2.59. The molecule has 0 aliphatic heterocycles. The Kier molecular flexibility index (Phi) is 7.10. The van der Waals surface area contributed by atoms with E-state index in [0.29, 0.717) is 17.3 Å². The van der Waals surface area contributed by atoms with Crippen LogP contribution in [0.25, 0.3) is 0 Å². The molecule has 0 spiro atoms. The molecule has 1 N–H and O–H groups in total. The number of nitrogens with one attached hydrogen (secondary N) is 1. The molecule has 0 radical (unpaired) electrons. The Labute approximate surface area is 165 Å². The second kappa shape index (κ2) is 9.10. The van der Waals surface area contributed by atoms with Crippen LogP contribution in [0.1, 0.15) is 25.5 Å². The van der Waals surface area contributed by atoms with E-state index in [1.54, 1.807) is 18.2 Å². The fourth-order valence-electron chi connectivity index (χ4n) is 2.55. The molecule has 0 fully saturated rings. The minimum Gasteiger partial charge on any atom is -0.494 e. The smallest absolute Gasteiger partial charge is 0.241 e. The highest BCUT2D eigenvalue weighted by molar-refractivity contribution is 7.92. The van der Waals surface area contributed by atoms with Gasteiger partial charge >= 0.3 is 0 Å². The maximum Gasteiger partial charge on any atom is 0.241 e. The molecule has 0 aliphatic carbocycles. The van der Waals surface area contributed by atoms with Crippen LogP contribution in [0.2, 0.25) is 5.02 Å². The van der Waals surface area contributed by atoms with Gasteiger partial charge in [0.1, 0.15) is 12.3 Å². The predicted octanol–water partition coefficient (Wildman–Crippen LogP) is 3.38. The van der Waals surface area contributed by atoms with E-state index in [0.717, 1.165) is 21.9 Å². The number of carbonyl (C=O) groups excluding carboxylic acids is 1. The van der Waals surface area contributed by atoms with Crippen LogP contribution in [0.4, 0.5) is 5.69 Å². The van der Waals surface area contributed by atoms with Crippen molar-refractivity contribution in [2.24, 2.45) is 0 Å². The van der Waals surface area contributed by atoms with Crippen molar-refractivity contribution >= 4 is 33.2 Å². The molecule has 2 aromatic carbocycles. The number of nitrogens with zero attached hydrogens (tertiary/aromatic N) is 1. The van der Waals surface area contributed by atoms with Crippen molar-refractivity contribution in [2.75, 3.05) is 23.7 Å². The zero-order valence-corrected chi connectivity index (χ0v) is 17.0. The van der Waals surface area contributed by atoms with E-state index in [1.807, 2.05) is 38.1 Å². The molecule has 0 saturated heterocycles. The summed E-state index contributed by atoms with van der Waals surface area (Å²) in [5.74, 6) is 0.339. The molecule has 2 rings (SSSR count). The topological polar surface area (TPSA) is 75.7 Å². The van der Waals surface area contributed by atoms with Crippen molar-refractivity contribution in [1.29, 1.82) is 0 Å². The molecule has 0 aliphatic rings. The summed E-state index contributed by atoms with van der Waals surface area (Å²) in [6.45, 7) is 3.99. The van der Waals surface area contributed by atoms with Crippen LogP contribution in [0.5, 0.6) is 5.75 Å². The van der Waals surface area contributed by atoms with Crippen LogP contribution in [-0.4, -0.2) is 33.7 Å². The summed E-state index contributed by atoms with van der Waals surface area (Å²) in [7, 11) is -3.64. The molecule has 0 saturated carbocycles. The molecule has 1 amide bonds. The molecular formula is C19H23ClN2O4S. The standard InChI is InChI=1S/C19H23ClN2O4S/c1-4-26-18-10-8-15(9-11-18)14(2)21-19(23)13-22(27(3,24)25)17-7-5-6-16(20)12-17/h5-12,14H,4,13H2,1-3H3,(H,21,23). The number of halogens is 1. The van der Waals surface area contributed by atoms with Crippen LogP contribution in [-0.2, 0) is 14.8 Å². The summed E-state index contributed by atoms with van der Waals surface area (Å²) in [6, 6.07) is 13.5. The Hall–Kier alpha value is -2.25. The fraction of sp³-hybridized carbons (Fsp3) is 0.316. The zero-order chi connectivity index (χ0) is 20.0. The van der Waals surface area contributed by atoms with E-state index in [1.165, 1.54) is 6.07 Å². The molecule has 27 heavy (non-hydrogen) atoms. The summed E-state index contributed by atoms with van der Waals surface area (Å²) < 4.78 is 30.7. The average molecular weight is 411 g/mol. The Morgan fingerprint density at radius 3 is 2.44 bits per heavy atom. The lowest BCUT2D eigenvalue weighted by molar-refractivity contribution is -0.120. The first-order valence-corrected chi connectivity index (χ1v) is 10.7. The van der Waals surface area contributed by atoms with E-state index in [-0.39, 0.29) is 12.6 Å². The van der Waals surface area contributed by atoms with Crippen LogP contribution < -0.4 is 14.4 Å².